The number of aromatic nitrogens is 1. The van der Waals surface area contributed by atoms with Gasteiger partial charge in [0.2, 0.25) is 0 Å². The van der Waals surface area contributed by atoms with E-state index in [2.05, 4.69) is 10.6 Å². The maximum absolute atomic E-state index is 13.7. The van der Waals surface area contributed by atoms with E-state index >= 15 is 0 Å². The van der Waals surface area contributed by atoms with E-state index in [0.29, 0.717) is 6.54 Å². The number of hydrogen-bond donors (Lipinski definition) is 2. The molecule has 2 N–H and O–H groups in total. The molecule has 1 aromatic heterocycles. The minimum Gasteiger partial charge on any atom is -0.444 e. The Kier molecular flexibility index (Phi) is 6.34. The molecule has 0 unspecified atom stereocenters. The molecule has 0 radical (unpaired) electrons. The molecule has 0 aromatic carbocycles. The van der Waals surface area contributed by atoms with Crippen LogP contribution in [-0.2, 0) is 17.8 Å². The van der Waals surface area contributed by atoms with E-state index in [1.807, 2.05) is 29.8 Å². The zero-order valence-electron chi connectivity index (χ0n) is 13.6. The van der Waals surface area contributed by atoms with Crippen molar-refractivity contribution in [2.24, 2.45) is 0 Å². The van der Waals surface area contributed by atoms with Gasteiger partial charge in [-0.2, -0.15) is 0 Å². The molecule has 0 atom stereocenters. The standard InChI is InChI=1S/C15H25F2N3O2/c1-5-20-8-6-7-12(20)9-18-10-15(16,17)11-19-13(21)22-14(2,3)4/h6-8,18H,5,9-11H2,1-4H3,(H,19,21). The van der Waals surface area contributed by atoms with Crippen LogP contribution in [-0.4, -0.2) is 35.3 Å². The van der Waals surface area contributed by atoms with Crippen molar-refractivity contribution in [1.29, 1.82) is 0 Å². The van der Waals surface area contributed by atoms with E-state index in [9.17, 15) is 13.6 Å². The number of rotatable bonds is 7. The van der Waals surface area contributed by atoms with Gasteiger partial charge >= 0.3 is 6.09 Å². The average Bonchev–Trinajstić information content (AvgIpc) is 2.82. The van der Waals surface area contributed by atoms with Gasteiger partial charge in [-0.1, -0.05) is 0 Å². The fourth-order valence-corrected chi connectivity index (χ4v) is 1.87. The van der Waals surface area contributed by atoms with Crippen molar-refractivity contribution in [3.8, 4) is 0 Å². The molecule has 1 aromatic rings. The maximum Gasteiger partial charge on any atom is 0.407 e. The van der Waals surface area contributed by atoms with Crippen molar-refractivity contribution < 1.29 is 18.3 Å². The number of halogens is 2. The Morgan fingerprint density at radius 1 is 1.32 bits per heavy atom. The first kappa shape index (κ1) is 18.4. The molecule has 1 rings (SSSR count). The Bertz CT molecular complexity index is 481. The van der Waals surface area contributed by atoms with Crippen LogP contribution >= 0.6 is 0 Å². The molecular weight excluding hydrogens is 292 g/mol. The van der Waals surface area contributed by atoms with Crippen LogP contribution in [0.4, 0.5) is 13.6 Å². The number of nitrogens with one attached hydrogen (secondary N) is 2. The van der Waals surface area contributed by atoms with Crippen LogP contribution in [0.15, 0.2) is 18.3 Å². The smallest absolute Gasteiger partial charge is 0.407 e. The molecule has 0 aliphatic heterocycles. The minimum absolute atomic E-state index is 0.350. The summed E-state index contributed by atoms with van der Waals surface area (Å²) < 4.78 is 34.3. The SMILES string of the molecule is CCn1cccc1CNCC(F)(F)CNC(=O)OC(C)(C)C. The molecule has 7 heteroatoms. The molecule has 126 valence electrons. The Labute approximate surface area is 130 Å². The second-order valence-corrected chi connectivity index (χ2v) is 6.10. The van der Waals surface area contributed by atoms with Gasteiger partial charge in [-0.15, -0.1) is 0 Å². The van der Waals surface area contributed by atoms with Crippen LogP contribution in [0.25, 0.3) is 0 Å². The van der Waals surface area contributed by atoms with E-state index < -0.39 is 30.7 Å². The summed E-state index contributed by atoms with van der Waals surface area (Å²) in [5.41, 5.74) is 0.238. The Balaban J connectivity index is 2.33. The largest absolute Gasteiger partial charge is 0.444 e. The van der Waals surface area contributed by atoms with E-state index in [1.165, 1.54) is 0 Å². The lowest BCUT2D eigenvalue weighted by Crippen LogP contribution is -2.44. The minimum atomic E-state index is -3.04. The van der Waals surface area contributed by atoms with E-state index in [1.54, 1.807) is 20.8 Å². The molecule has 1 heterocycles. The van der Waals surface area contributed by atoms with Crippen molar-refractivity contribution >= 4 is 6.09 Å². The predicted octanol–water partition coefficient (Wildman–Crippen LogP) is 2.76. The molecule has 0 saturated carbocycles. The van der Waals surface area contributed by atoms with Gasteiger partial charge in [-0.3, -0.25) is 0 Å². The van der Waals surface area contributed by atoms with E-state index in [0.717, 1.165) is 12.2 Å². The summed E-state index contributed by atoms with van der Waals surface area (Å²) in [7, 11) is 0. The van der Waals surface area contributed by atoms with Crippen LogP contribution < -0.4 is 10.6 Å². The summed E-state index contributed by atoms with van der Waals surface area (Å²) in [4.78, 5) is 11.4. The molecule has 5 nitrogen and oxygen atoms in total. The highest BCUT2D eigenvalue weighted by molar-refractivity contribution is 5.67. The van der Waals surface area contributed by atoms with Gasteiger partial charge in [0.25, 0.3) is 5.92 Å². The highest BCUT2D eigenvalue weighted by atomic mass is 19.3. The third-order valence-corrected chi connectivity index (χ3v) is 2.84. The average molecular weight is 317 g/mol. The van der Waals surface area contributed by atoms with E-state index in [-0.39, 0.29) is 0 Å². The van der Waals surface area contributed by atoms with Gasteiger partial charge in [0.05, 0.1) is 13.1 Å². The highest BCUT2D eigenvalue weighted by Gasteiger charge is 2.30. The normalized spacial score (nSPS) is 12.3. The van der Waals surface area contributed by atoms with Gasteiger partial charge in [0.1, 0.15) is 5.60 Å². The number of nitrogens with zero attached hydrogens (tertiary/aromatic N) is 1. The first-order valence-corrected chi connectivity index (χ1v) is 7.32. The second kappa shape index (κ2) is 7.58. The summed E-state index contributed by atoms with van der Waals surface area (Å²) in [6.45, 7) is 6.88. The summed E-state index contributed by atoms with van der Waals surface area (Å²) in [6.07, 6.45) is 1.06. The number of alkyl carbamates (subject to hydrolysis) is 1. The number of aryl methyl sites for hydroxylation is 1. The summed E-state index contributed by atoms with van der Waals surface area (Å²) in [5, 5.41) is 4.80. The first-order chi connectivity index (χ1) is 10.1. The van der Waals surface area contributed by atoms with Crippen molar-refractivity contribution in [2.45, 2.75) is 52.3 Å². The molecule has 0 aliphatic rings. The lowest BCUT2D eigenvalue weighted by molar-refractivity contribution is -0.00385. The van der Waals surface area contributed by atoms with Gasteiger partial charge < -0.3 is 19.9 Å². The molecular formula is C15H25F2N3O2. The van der Waals surface area contributed by atoms with Crippen LogP contribution in [0.5, 0.6) is 0 Å². The third-order valence-electron chi connectivity index (χ3n) is 2.84. The van der Waals surface area contributed by atoms with Gasteiger partial charge in [0, 0.05) is 25.0 Å². The number of hydrogen-bond acceptors (Lipinski definition) is 3. The Morgan fingerprint density at radius 3 is 2.59 bits per heavy atom. The molecule has 0 fully saturated rings. The van der Waals surface area contributed by atoms with Crippen molar-refractivity contribution in [1.82, 2.24) is 15.2 Å². The van der Waals surface area contributed by atoms with Crippen LogP contribution in [0.3, 0.4) is 0 Å². The number of ether oxygens (including phenoxy) is 1. The molecule has 0 bridgehead atoms. The van der Waals surface area contributed by atoms with Crippen LogP contribution in [0, 0.1) is 0 Å². The molecule has 1 amide bonds. The fraction of sp³-hybridized carbons (Fsp3) is 0.667. The molecule has 0 aliphatic carbocycles. The molecule has 0 spiro atoms. The zero-order valence-corrected chi connectivity index (χ0v) is 13.6. The summed E-state index contributed by atoms with van der Waals surface area (Å²) >= 11 is 0. The van der Waals surface area contributed by atoms with Gasteiger partial charge in [0.15, 0.2) is 0 Å². The van der Waals surface area contributed by atoms with E-state index in [4.69, 9.17) is 4.74 Å². The molecule has 0 saturated heterocycles. The lowest BCUT2D eigenvalue weighted by Gasteiger charge is -2.22. The predicted molar refractivity (Wildman–Crippen MR) is 81.0 cm³/mol. The Hall–Kier alpha value is -1.63. The fourth-order valence-electron chi connectivity index (χ4n) is 1.87. The third kappa shape index (κ3) is 6.89. The number of amides is 1. The topological polar surface area (TPSA) is 55.3 Å². The summed E-state index contributed by atoms with van der Waals surface area (Å²) in [5.74, 6) is -3.04. The zero-order chi connectivity index (χ0) is 16.8. The summed E-state index contributed by atoms with van der Waals surface area (Å²) in [6, 6.07) is 3.76. The van der Waals surface area contributed by atoms with Crippen molar-refractivity contribution in [2.75, 3.05) is 13.1 Å². The number of alkyl halides is 2. The monoisotopic (exact) mass is 317 g/mol. The maximum atomic E-state index is 13.7. The molecule has 22 heavy (non-hydrogen) atoms. The lowest BCUT2D eigenvalue weighted by atomic mass is 10.2. The van der Waals surface area contributed by atoms with Crippen molar-refractivity contribution in [3.63, 3.8) is 0 Å². The quantitative estimate of drug-likeness (QED) is 0.813. The van der Waals surface area contributed by atoms with Crippen LogP contribution in [0.2, 0.25) is 0 Å². The number of carbonyl (C=O) groups excluding carboxylic acids is 1. The second-order valence-electron chi connectivity index (χ2n) is 6.10. The first-order valence-electron chi connectivity index (χ1n) is 7.32. The number of carbonyl (C=O) groups is 1. The van der Waals surface area contributed by atoms with Crippen molar-refractivity contribution in [3.05, 3.63) is 24.0 Å². The van der Waals surface area contributed by atoms with Gasteiger partial charge in [-0.25, -0.2) is 13.6 Å². The Morgan fingerprint density at radius 2 is 2.00 bits per heavy atom. The van der Waals surface area contributed by atoms with Crippen LogP contribution in [0.1, 0.15) is 33.4 Å². The van der Waals surface area contributed by atoms with Gasteiger partial charge in [-0.05, 0) is 39.8 Å². The highest BCUT2D eigenvalue weighted by Crippen LogP contribution is 2.12.